The molecule has 8 nitrogen and oxygen atoms in total. The normalized spacial score (nSPS) is 12.4. The second kappa shape index (κ2) is 7.29. The molecule has 2 heterocycles. The molecular weight excluding hydrogens is 388 g/mol. The van der Waals surface area contributed by atoms with Gasteiger partial charge in [-0.3, -0.25) is 4.72 Å². The summed E-state index contributed by atoms with van der Waals surface area (Å²) in [4.78, 5) is 0.152. The molecule has 0 radical (unpaired) electrons. The number of sulfonamides is 2. The van der Waals surface area contributed by atoms with Crippen molar-refractivity contribution in [2.75, 3.05) is 17.0 Å². The number of nitrogens with zero attached hydrogens (tertiary/aromatic N) is 2. The van der Waals surface area contributed by atoms with Crippen LogP contribution in [0.2, 0.25) is 0 Å². The van der Waals surface area contributed by atoms with Crippen LogP contribution in [0.1, 0.15) is 11.1 Å². The largest absolute Gasteiger partial charge is 0.283 e. The lowest BCUT2D eigenvalue weighted by Gasteiger charge is -2.11. The van der Waals surface area contributed by atoms with Crippen molar-refractivity contribution in [3.05, 3.63) is 59.9 Å². The third kappa shape index (κ3) is 4.65. The van der Waals surface area contributed by atoms with E-state index in [0.717, 1.165) is 11.1 Å². The van der Waals surface area contributed by atoms with Crippen molar-refractivity contribution >= 4 is 31.3 Å². The molecule has 3 rings (SSSR count). The van der Waals surface area contributed by atoms with Crippen molar-refractivity contribution in [2.45, 2.75) is 18.7 Å². The van der Waals surface area contributed by atoms with Gasteiger partial charge in [-0.05, 0) is 49.2 Å². The summed E-state index contributed by atoms with van der Waals surface area (Å²) in [5, 5.41) is 4.04. The van der Waals surface area contributed by atoms with Crippen LogP contribution in [0, 0.1) is 13.8 Å². The predicted molar refractivity (Wildman–Crippen MR) is 104 cm³/mol. The van der Waals surface area contributed by atoms with Gasteiger partial charge >= 0.3 is 0 Å². The monoisotopic (exact) mass is 408 g/mol. The first-order valence-corrected chi connectivity index (χ1v) is 11.3. The molecule has 0 unspecified atom stereocenters. The van der Waals surface area contributed by atoms with E-state index in [4.69, 9.17) is 0 Å². The topological polar surface area (TPSA) is 110 Å². The van der Waals surface area contributed by atoms with Gasteiger partial charge in [-0.2, -0.15) is 5.10 Å². The molecule has 0 bridgehead atoms. The van der Waals surface area contributed by atoms with Gasteiger partial charge in [0.25, 0.3) is 0 Å². The summed E-state index contributed by atoms with van der Waals surface area (Å²) in [5.74, 6) is -0.387. The van der Waals surface area contributed by atoms with Crippen LogP contribution in [0.4, 0.5) is 5.69 Å². The molecular formula is C17H20N4O4S2. The van der Waals surface area contributed by atoms with Crippen molar-refractivity contribution in [2.24, 2.45) is 0 Å². The zero-order valence-corrected chi connectivity index (χ0v) is 16.5. The lowest BCUT2D eigenvalue weighted by molar-refractivity contribution is 0.581. The molecule has 0 saturated heterocycles. The summed E-state index contributed by atoms with van der Waals surface area (Å²) < 4.78 is 55.8. The molecule has 144 valence electrons. The molecule has 0 amide bonds. The van der Waals surface area contributed by atoms with E-state index in [2.05, 4.69) is 14.5 Å². The molecule has 2 N–H and O–H groups in total. The number of pyridine rings is 1. The van der Waals surface area contributed by atoms with Gasteiger partial charge in [0.15, 0.2) is 0 Å². The van der Waals surface area contributed by atoms with E-state index in [1.807, 2.05) is 6.07 Å². The number of aromatic nitrogens is 2. The Hall–Kier alpha value is -2.43. The lowest BCUT2D eigenvalue weighted by Crippen LogP contribution is -2.31. The molecule has 0 aliphatic heterocycles. The number of fused-ring (bicyclic) bond motifs is 1. The minimum atomic E-state index is -3.78. The Morgan fingerprint density at radius 1 is 1.04 bits per heavy atom. The number of hydrogen-bond donors (Lipinski definition) is 2. The fraction of sp³-hybridized carbons (Fsp3) is 0.235. The van der Waals surface area contributed by atoms with E-state index >= 15 is 0 Å². The Morgan fingerprint density at radius 3 is 2.59 bits per heavy atom. The lowest BCUT2D eigenvalue weighted by atomic mass is 10.2. The maximum Gasteiger partial charge on any atom is 0.240 e. The first-order valence-electron chi connectivity index (χ1n) is 8.17. The fourth-order valence-corrected chi connectivity index (χ4v) is 5.05. The van der Waals surface area contributed by atoms with Gasteiger partial charge in [-0.25, -0.2) is 26.1 Å². The van der Waals surface area contributed by atoms with E-state index in [0.29, 0.717) is 11.3 Å². The summed E-state index contributed by atoms with van der Waals surface area (Å²) in [6, 6.07) is 10.1. The SMILES string of the molecule is Cc1ccc(C)c(S(=O)(=O)NCCS(=O)(=O)Nc2ccn3nccc3c2)c1. The zero-order chi connectivity index (χ0) is 19.7. The van der Waals surface area contributed by atoms with E-state index in [9.17, 15) is 16.8 Å². The molecule has 0 spiro atoms. The second-order valence-electron chi connectivity index (χ2n) is 6.20. The van der Waals surface area contributed by atoms with E-state index < -0.39 is 20.0 Å². The first-order chi connectivity index (χ1) is 12.7. The highest BCUT2D eigenvalue weighted by atomic mass is 32.2. The second-order valence-corrected chi connectivity index (χ2v) is 9.78. The van der Waals surface area contributed by atoms with Crippen LogP contribution < -0.4 is 9.44 Å². The van der Waals surface area contributed by atoms with Gasteiger partial charge in [0, 0.05) is 18.9 Å². The van der Waals surface area contributed by atoms with Crippen molar-refractivity contribution < 1.29 is 16.8 Å². The van der Waals surface area contributed by atoms with Crippen molar-refractivity contribution in [1.29, 1.82) is 0 Å². The Balaban J connectivity index is 1.65. The minimum Gasteiger partial charge on any atom is -0.283 e. The Morgan fingerprint density at radius 2 is 1.81 bits per heavy atom. The standard InChI is InChI=1S/C17H20N4O4S2/c1-13-3-4-14(2)17(11-13)27(24,25)19-8-10-26(22,23)20-15-6-9-21-16(12-15)5-7-18-21/h3-7,9,11-12,19-20H,8,10H2,1-2H3. The van der Waals surface area contributed by atoms with E-state index in [-0.39, 0.29) is 17.2 Å². The molecule has 2 aromatic heterocycles. The summed E-state index contributed by atoms with van der Waals surface area (Å²) in [7, 11) is -7.50. The molecule has 0 saturated carbocycles. The number of benzene rings is 1. The average Bonchev–Trinajstić information content (AvgIpc) is 3.03. The molecule has 10 heteroatoms. The summed E-state index contributed by atoms with van der Waals surface area (Å²) in [6.07, 6.45) is 3.24. The quantitative estimate of drug-likeness (QED) is 0.618. The van der Waals surface area contributed by atoms with Gasteiger partial charge in [-0.15, -0.1) is 0 Å². The first kappa shape index (κ1) is 19.3. The molecule has 1 aromatic carbocycles. The molecule has 3 aromatic rings. The number of rotatable bonds is 7. The molecule has 0 aliphatic carbocycles. The number of nitrogens with one attached hydrogen (secondary N) is 2. The van der Waals surface area contributed by atoms with Crippen LogP contribution in [-0.2, 0) is 20.0 Å². The number of anilines is 1. The third-order valence-corrected chi connectivity index (χ3v) is 6.86. The van der Waals surface area contributed by atoms with Gasteiger partial charge in [0.2, 0.25) is 20.0 Å². The van der Waals surface area contributed by atoms with Gasteiger partial charge in [0.1, 0.15) is 0 Å². The predicted octanol–water partition coefficient (Wildman–Crippen LogP) is 1.67. The zero-order valence-electron chi connectivity index (χ0n) is 14.9. The van der Waals surface area contributed by atoms with Crippen LogP contribution in [0.5, 0.6) is 0 Å². The average molecular weight is 409 g/mol. The van der Waals surface area contributed by atoms with Crippen LogP contribution >= 0.6 is 0 Å². The Labute approximate surface area is 158 Å². The van der Waals surface area contributed by atoms with Gasteiger partial charge in [-0.1, -0.05) is 12.1 Å². The van der Waals surface area contributed by atoms with Gasteiger partial charge in [0.05, 0.1) is 21.9 Å². The van der Waals surface area contributed by atoms with Crippen LogP contribution in [0.25, 0.3) is 5.52 Å². The number of hydrogen-bond acceptors (Lipinski definition) is 5. The maximum atomic E-state index is 12.4. The molecule has 0 atom stereocenters. The van der Waals surface area contributed by atoms with E-state index in [1.54, 1.807) is 61.1 Å². The van der Waals surface area contributed by atoms with Crippen molar-refractivity contribution in [3.63, 3.8) is 0 Å². The van der Waals surface area contributed by atoms with E-state index in [1.165, 1.54) is 0 Å². The van der Waals surface area contributed by atoms with Crippen LogP contribution in [0.3, 0.4) is 0 Å². The third-order valence-electron chi connectivity index (χ3n) is 3.97. The smallest absolute Gasteiger partial charge is 0.240 e. The summed E-state index contributed by atoms with van der Waals surface area (Å²) in [5.41, 5.74) is 2.54. The molecule has 27 heavy (non-hydrogen) atoms. The van der Waals surface area contributed by atoms with Crippen molar-refractivity contribution in [3.8, 4) is 0 Å². The highest BCUT2D eigenvalue weighted by Crippen LogP contribution is 2.17. The summed E-state index contributed by atoms with van der Waals surface area (Å²) >= 11 is 0. The molecule has 0 aliphatic rings. The highest BCUT2D eigenvalue weighted by Gasteiger charge is 2.18. The van der Waals surface area contributed by atoms with Crippen LogP contribution in [-0.4, -0.2) is 38.7 Å². The number of aryl methyl sites for hydroxylation is 2. The van der Waals surface area contributed by atoms with Crippen molar-refractivity contribution in [1.82, 2.24) is 14.3 Å². The molecule has 0 fully saturated rings. The Bertz CT molecular complexity index is 1180. The van der Waals surface area contributed by atoms with Crippen LogP contribution in [0.15, 0.2) is 53.7 Å². The maximum absolute atomic E-state index is 12.4. The Kier molecular flexibility index (Phi) is 5.22. The minimum absolute atomic E-state index is 0.152. The van der Waals surface area contributed by atoms with Gasteiger partial charge < -0.3 is 0 Å². The fourth-order valence-electron chi connectivity index (χ4n) is 2.60. The summed E-state index contributed by atoms with van der Waals surface area (Å²) in [6.45, 7) is 3.25. The highest BCUT2D eigenvalue weighted by molar-refractivity contribution is 7.92.